The first-order valence-corrected chi connectivity index (χ1v) is 7.98. The van der Waals surface area contributed by atoms with E-state index in [1.165, 1.54) is 0 Å². The maximum Gasteiger partial charge on any atom is 0.427 e. The van der Waals surface area contributed by atoms with Crippen LogP contribution >= 0.6 is 11.9 Å². The van der Waals surface area contributed by atoms with Gasteiger partial charge in [-0.25, -0.2) is 4.31 Å². The fourth-order valence-corrected chi connectivity index (χ4v) is 6.60. The molecule has 120 valence electrons. The summed E-state index contributed by atoms with van der Waals surface area (Å²) >= 11 is -0.0303. The molecule has 1 nitrogen and oxygen atoms in total. The zero-order valence-corrected chi connectivity index (χ0v) is 11.9. The Labute approximate surface area is 122 Å². The minimum absolute atomic E-state index is 0.0303. The summed E-state index contributed by atoms with van der Waals surface area (Å²) in [6.45, 7) is 0. The van der Waals surface area contributed by atoms with Gasteiger partial charge in [-0.15, -0.1) is 0 Å². The average molecular weight is 331 g/mol. The molecule has 4 bridgehead atoms. The van der Waals surface area contributed by atoms with Gasteiger partial charge in [0, 0.05) is 5.54 Å². The van der Waals surface area contributed by atoms with Crippen molar-refractivity contribution in [2.24, 2.45) is 17.8 Å². The summed E-state index contributed by atoms with van der Waals surface area (Å²) in [7, 11) is 0. The van der Waals surface area contributed by atoms with Gasteiger partial charge in [-0.1, -0.05) is 0 Å². The molecule has 1 atom stereocenters. The third-order valence-corrected chi connectivity index (χ3v) is 7.26. The lowest BCUT2D eigenvalue weighted by molar-refractivity contribution is -0.283. The molecule has 0 radical (unpaired) electrons. The van der Waals surface area contributed by atoms with Gasteiger partial charge in [-0.2, -0.15) is 26.3 Å². The molecular weight excluding hydrogens is 316 g/mol. The van der Waals surface area contributed by atoms with E-state index in [0.29, 0.717) is 41.3 Å². The van der Waals surface area contributed by atoms with E-state index in [0.717, 1.165) is 19.3 Å². The first kappa shape index (κ1) is 14.5. The fraction of sp³-hybridized carbons (Fsp3) is 1.00. The van der Waals surface area contributed by atoms with Crippen LogP contribution in [0.15, 0.2) is 0 Å². The number of rotatable bonds is 1. The van der Waals surface area contributed by atoms with Crippen molar-refractivity contribution in [2.45, 2.75) is 61.3 Å². The van der Waals surface area contributed by atoms with E-state index in [1.54, 1.807) is 0 Å². The van der Waals surface area contributed by atoms with E-state index >= 15 is 0 Å². The predicted octanol–water partition coefficient (Wildman–Crippen LogP) is 4.74. The highest BCUT2D eigenvalue weighted by atomic mass is 32.2. The van der Waals surface area contributed by atoms with Gasteiger partial charge >= 0.3 is 12.4 Å². The lowest BCUT2D eigenvalue weighted by atomic mass is 9.53. The summed E-state index contributed by atoms with van der Waals surface area (Å²) in [6.07, 6.45) is -6.09. The molecular formula is C13H15F6NS. The minimum Gasteiger partial charge on any atom is -0.209 e. The maximum absolute atomic E-state index is 13.1. The molecule has 0 spiro atoms. The Morgan fingerprint density at radius 2 is 1.14 bits per heavy atom. The van der Waals surface area contributed by atoms with Gasteiger partial charge in [0.1, 0.15) is 0 Å². The molecule has 1 heterocycles. The Morgan fingerprint density at radius 3 is 1.43 bits per heavy atom. The lowest BCUT2D eigenvalue weighted by Crippen LogP contribution is -2.60. The molecule has 0 amide bonds. The van der Waals surface area contributed by atoms with Crippen LogP contribution in [0.2, 0.25) is 0 Å². The molecule has 0 aromatic carbocycles. The molecule has 1 unspecified atom stereocenters. The van der Waals surface area contributed by atoms with Crippen molar-refractivity contribution in [3.05, 3.63) is 0 Å². The van der Waals surface area contributed by atoms with Gasteiger partial charge in [0.05, 0.1) is 0 Å². The van der Waals surface area contributed by atoms with Crippen LogP contribution in [-0.4, -0.2) is 27.1 Å². The van der Waals surface area contributed by atoms with E-state index in [1.807, 2.05) is 0 Å². The molecule has 1 aliphatic heterocycles. The molecule has 0 N–H and O–H groups in total. The second-order valence-corrected chi connectivity index (χ2v) is 8.31. The zero-order valence-electron chi connectivity index (χ0n) is 11.1. The second-order valence-electron chi connectivity index (χ2n) is 7.17. The average Bonchev–Trinajstić information content (AvgIpc) is 3.01. The quantitative estimate of drug-likeness (QED) is 0.388. The van der Waals surface area contributed by atoms with Crippen molar-refractivity contribution >= 4 is 11.9 Å². The van der Waals surface area contributed by atoms with Crippen LogP contribution < -0.4 is 0 Å². The molecule has 5 rings (SSSR count). The normalized spacial score (nSPS) is 47.7. The van der Waals surface area contributed by atoms with Crippen LogP contribution in [0.25, 0.3) is 0 Å². The number of hydrogen-bond donors (Lipinski definition) is 0. The molecule has 4 saturated carbocycles. The van der Waals surface area contributed by atoms with Gasteiger partial charge in [-0.3, -0.25) is 0 Å². The van der Waals surface area contributed by atoms with Crippen molar-refractivity contribution in [3.8, 4) is 0 Å². The van der Waals surface area contributed by atoms with Crippen LogP contribution in [-0.2, 0) is 0 Å². The summed E-state index contributed by atoms with van der Waals surface area (Å²) in [6, 6.07) is 0. The smallest absolute Gasteiger partial charge is 0.209 e. The highest BCUT2D eigenvalue weighted by Crippen LogP contribution is 2.75. The van der Waals surface area contributed by atoms with Crippen LogP contribution in [0.4, 0.5) is 26.3 Å². The highest BCUT2D eigenvalue weighted by Gasteiger charge is 2.88. The van der Waals surface area contributed by atoms with Gasteiger partial charge in [0.25, 0.3) is 4.87 Å². The van der Waals surface area contributed by atoms with E-state index in [4.69, 9.17) is 0 Å². The molecule has 5 fully saturated rings. The largest absolute Gasteiger partial charge is 0.427 e. The predicted molar refractivity (Wildman–Crippen MR) is 65.2 cm³/mol. The van der Waals surface area contributed by atoms with Gasteiger partial charge in [-0.05, 0) is 68.2 Å². The third kappa shape index (κ3) is 1.77. The Balaban J connectivity index is 1.69. The minimum atomic E-state index is -5.28. The Morgan fingerprint density at radius 1 is 0.762 bits per heavy atom. The number of hydrogen-bond acceptors (Lipinski definition) is 2. The summed E-state index contributed by atoms with van der Waals surface area (Å²) in [5.41, 5.74) is -0.884. The van der Waals surface area contributed by atoms with Gasteiger partial charge in [0.2, 0.25) is 0 Å². The Hall–Kier alpha value is -0.110. The van der Waals surface area contributed by atoms with Gasteiger partial charge < -0.3 is 0 Å². The van der Waals surface area contributed by atoms with Crippen molar-refractivity contribution in [2.75, 3.05) is 0 Å². The number of nitrogens with zero attached hydrogens (tertiary/aromatic N) is 1. The first-order chi connectivity index (χ1) is 9.57. The van der Waals surface area contributed by atoms with Crippen molar-refractivity contribution < 1.29 is 26.3 Å². The van der Waals surface area contributed by atoms with E-state index in [9.17, 15) is 26.3 Å². The molecule has 0 aromatic heterocycles. The van der Waals surface area contributed by atoms with Crippen molar-refractivity contribution in [3.63, 3.8) is 0 Å². The number of halogens is 6. The topological polar surface area (TPSA) is 3.01 Å². The Bertz CT molecular complexity index is 421. The molecule has 0 aromatic rings. The monoisotopic (exact) mass is 331 g/mol. The summed E-state index contributed by atoms with van der Waals surface area (Å²) in [5.74, 6) is 0.949. The zero-order chi connectivity index (χ0) is 15.3. The number of alkyl halides is 6. The molecule has 5 aliphatic rings. The van der Waals surface area contributed by atoms with Crippen LogP contribution in [0.5, 0.6) is 0 Å². The third-order valence-electron chi connectivity index (χ3n) is 5.68. The van der Waals surface area contributed by atoms with Crippen LogP contribution in [0.3, 0.4) is 0 Å². The SMILES string of the molecule is FC(F)(F)C1(C(F)(F)F)SN1C12CC3CC(CC(C3)C1)C2. The van der Waals surface area contributed by atoms with Crippen molar-refractivity contribution in [1.29, 1.82) is 0 Å². The van der Waals surface area contributed by atoms with E-state index in [-0.39, 0.29) is 11.9 Å². The molecule has 1 saturated heterocycles. The molecule has 21 heavy (non-hydrogen) atoms. The maximum atomic E-state index is 13.1. The lowest BCUT2D eigenvalue weighted by Gasteiger charge is -2.57. The van der Waals surface area contributed by atoms with Crippen LogP contribution in [0, 0.1) is 17.8 Å². The summed E-state index contributed by atoms with van der Waals surface area (Å²) in [5, 5.41) is 0. The van der Waals surface area contributed by atoms with Gasteiger partial charge in [0.15, 0.2) is 0 Å². The Kier molecular flexibility index (Phi) is 2.66. The molecule has 8 heteroatoms. The first-order valence-electron chi connectivity index (χ1n) is 7.20. The summed E-state index contributed by atoms with van der Waals surface area (Å²) in [4.78, 5) is -3.66. The summed E-state index contributed by atoms with van der Waals surface area (Å²) < 4.78 is 79.6. The second kappa shape index (κ2) is 3.86. The highest BCUT2D eigenvalue weighted by molar-refractivity contribution is 8.05. The van der Waals surface area contributed by atoms with E-state index < -0.39 is 22.8 Å². The van der Waals surface area contributed by atoms with E-state index in [2.05, 4.69) is 0 Å². The molecule has 4 aliphatic carbocycles. The fourth-order valence-electron chi connectivity index (χ4n) is 5.35. The standard InChI is InChI=1S/C13H15F6NS/c14-12(15,16)11(13(17,18)19)20(21-11)10-4-7-1-8(5-10)3-9(2-7)6-10/h7-9H,1-6H2. The van der Waals surface area contributed by atoms with Crippen molar-refractivity contribution in [1.82, 2.24) is 4.31 Å². The van der Waals surface area contributed by atoms with Crippen LogP contribution in [0.1, 0.15) is 38.5 Å².